The molecule has 67 heavy (non-hydrogen) atoms. The molecule has 0 heterocycles. The number of nitrogens with zero attached hydrogens (tertiary/aromatic N) is 1. The van der Waals surface area contributed by atoms with Crippen molar-refractivity contribution in [3.8, 4) is 0 Å². The Bertz CT molecular complexity index is 1320. The predicted octanol–water partition coefficient (Wildman–Crippen LogP) is 16.1. The third-order valence-corrected chi connectivity index (χ3v) is 13.1. The first kappa shape index (κ1) is 64.9. The van der Waals surface area contributed by atoms with Crippen LogP contribution in [0.1, 0.15) is 239 Å². The summed E-state index contributed by atoms with van der Waals surface area (Å²) in [4.78, 5) is 25.1. The zero-order valence-corrected chi connectivity index (χ0v) is 45.2. The monoisotopic (exact) mass is 959 g/mol. The molecule has 0 aliphatic heterocycles. The quantitative estimate of drug-likeness (QED) is 0.0272. The van der Waals surface area contributed by atoms with Crippen LogP contribution in [0.2, 0.25) is 0 Å². The molecule has 8 nitrogen and oxygen atoms in total. The van der Waals surface area contributed by atoms with Crippen molar-refractivity contribution in [1.29, 1.82) is 0 Å². The van der Waals surface area contributed by atoms with E-state index in [1.54, 1.807) is 6.08 Å². The van der Waals surface area contributed by atoms with Gasteiger partial charge in [-0.25, -0.2) is 0 Å². The SMILES string of the molecule is CC/C=C\C/C=C\C/C=C\C/C=C\C/C=C\CCCCCCCCCCCCCCCCCCCCCCCCCCCC(=O)NC(COP(=O)([O-])OCC[N+](C)(C)C)C(O)/C=C/CCCC. The Kier molecular flexibility index (Phi) is 47.4. The van der Waals surface area contributed by atoms with Crippen LogP contribution in [-0.4, -0.2) is 68.5 Å². The highest BCUT2D eigenvalue weighted by Gasteiger charge is 2.23. The second-order valence-electron chi connectivity index (χ2n) is 19.9. The van der Waals surface area contributed by atoms with E-state index in [4.69, 9.17) is 9.05 Å². The average Bonchev–Trinajstić information content (AvgIpc) is 3.29. The summed E-state index contributed by atoms with van der Waals surface area (Å²) >= 11 is 0. The van der Waals surface area contributed by atoms with E-state index in [2.05, 4.69) is 79.9 Å². The van der Waals surface area contributed by atoms with Gasteiger partial charge >= 0.3 is 0 Å². The van der Waals surface area contributed by atoms with Crippen LogP contribution < -0.4 is 10.2 Å². The number of unbranched alkanes of at least 4 members (excludes halogenated alkanes) is 27. The largest absolute Gasteiger partial charge is 0.756 e. The van der Waals surface area contributed by atoms with Gasteiger partial charge in [0.2, 0.25) is 5.91 Å². The Morgan fingerprint density at radius 1 is 0.537 bits per heavy atom. The Labute approximate surface area is 414 Å². The molecule has 0 spiro atoms. The average molecular weight is 959 g/mol. The number of likely N-dealkylation sites (N-methyl/N-ethyl adjacent to an activating group) is 1. The summed E-state index contributed by atoms with van der Waals surface area (Å²) < 4.78 is 23.0. The molecule has 0 rings (SSSR count). The Balaban J connectivity index is 3.65. The number of hydrogen-bond donors (Lipinski definition) is 2. The second-order valence-corrected chi connectivity index (χ2v) is 21.3. The Hall–Kier alpha value is -2.06. The topological polar surface area (TPSA) is 108 Å². The van der Waals surface area contributed by atoms with Crippen LogP contribution in [0.3, 0.4) is 0 Å². The van der Waals surface area contributed by atoms with E-state index in [1.165, 1.54) is 148 Å². The first-order chi connectivity index (χ1) is 32.5. The lowest BCUT2D eigenvalue weighted by molar-refractivity contribution is -0.870. The minimum absolute atomic E-state index is 0.00228. The number of aliphatic hydroxyl groups is 1. The van der Waals surface area contributed by atoms with Crippen molar-refractivity contribution in [1.82, 2.24) is 5.32 Å². The van der Waals surface area contributed by atoms with Gasteiger partial charge in [-0.2, -0.15) is 0 Å². The van der Waals surface area contributed by atoms with E-state index in [-0.39, 0.29) is 19.1 Å². The fourth-order valence-corrected chi connectivity index (χ4v) is 8.54. The lowest BCUT2D eigenvalue weighted by Gasteiger charge is -2.29. The third-order valence-electron chi connectivity index (χ3n) is 12.2. The molecule has 390 valence electrons. The van der Waals surface area contributed by atoms with Gasteiger partial charge in [0.15, 0.2) is 0 Å². The van der Waals surface area contributed by atoms with Gasteiger partial charge in [-0.15, -0.1) is 0 Å². The molecule has 0 aromatic rings. The number of carbonyl (C=O) groups is 1. The molecular weight excluding hydrogens is 852 g/mol. The molecule has 0 aliphatic rings. The summed E-state index contributed by atoms with van der Waals surface area (Å²) in [6.45, 7) is 4.38. The van der Waals surface area contributed by atoms with Crippen LogP contribution in [0.5, 0.6) is 0 Å². The molecule has 0 radical (unpaired) electrons. The first-order valence-electron chi connectivity index (χ1n) is 27.8. The molecule has 0 fully saturated rings. The van der Waals surface area contributed by atoms with Crippen molar-refractivity contribution in [3.63, 3.8) is 0 Å². The van der Waals surface area contributed by atoms with Crippen LogP contribution in [0.15, 0.2) is 72.9 Å². The fourth-order valence-electron chi connectivity index (χ4n) is 7.81. The lowest BCUT2D eigenvalue weighted by Crippen LogP contribution is -2.45. The zero-order valence-electron chi connectivity index (χ0n) is 44.3. The Morgan fingerprint density at radius 3 is 1.31 bits per heavy atom. The van der Waals surface area contributed by atoms with E-state index in [9.17, 15) is 19.4 Å². The van der Waals surface area contributed by atoms with Gasteiger partial charge in [0, 0.05) is 6.42 Å². The number of amides is 1. The van der Waals surface area contributed by atoms with Crippen molar-refractivity contribution in [2.75, 3.05) is 40.9 Å². The summed E-state index contributed by atoms with van der Waals surface area (Å²) in [5, 5.41) is 13.5. The maximum absolute atomic E-state index is 12.8. The molecule has 3 unspecified atom stereocenters. The van der Waals surface area contributed by atoms with Crippen LogP contribution >= 0.6 is 7.82 Å². The van der Waals surface area contributed by atoms with Crippen molar-refractivity contribution in [3.05, 3.63) is 72.9 Å². The fraction of sp³-hybridized carbons (Fsp3) is 0.776. The van der Waals surface area contributed by atoms with Gasteiger partial charge in [-0.1, -0.05) is 247 Å². The van der Waals surface area contributed by atoms with Crippen molar-refractivity contribution < 1.29 is 32.9 Å². The van der Waals surface area contributed by atoms with E-state index in [1.807, 2.05) is 27.2 Å². The maximum atomic E-state index is 12.8. The zero-order chi connectivity index (χ0) is 49.2. The number of allylic oxidation sites excluding steroid dienone is 11. The molecule has 2 N–H and O–H groups in total. The van der Waals surface area contributed by atoms with Crippen LogP contribution in [-0.2, 0) is 18.4 Å². The predicted molar refractivity (Wildman–Crippen MR) is 288 cm³/mol. The molecular formula is C58H107N2O6P. The Morgan fingerprint density at radius 2 is 0.910 bits per heavy atom. The lowest BCUT2D eigenvalue weighted by atomic mass is 10.0. The third kappa shape index (κ3) is 51.6. The summed E-state index contributed by atoms with van der Waals surface area (Å²) in [5.41, 5.74) is 0. The van der Waals surface area contributed by atoms with Gasteiger partial charge in [0.1, 0.15) is 13.2 Å². The van der Waals surface area contributed by atoms with Crippen LogP contribution in [0, 0.1) is 0 Å². The molecule has 3 atom stereocenters. The number of carbonyl (C=O) groups excluding carboxylic acids is 1. The number of phosphoric ester groups is 1. The van der Waals surface area contributed by atoms with Crippen molar-refractivity contribution >= 4 is 13.7 Å². The number of nitrogens with one attached hydrogen (secondary N) is 1. The number of hydrogen-bond acceptors (Lipinski definition) is 6. The smallest absolute Gasteiger partial charge is 0.268 e. The maximum Gasteiger partial charge on any atom is 0.268 e. The van der Waals surface area contributed by atoms with Crippen molar-refractivity contribution in [2.24, 2.45) is 0 Å². The van der Waals surface area contributed by atoms with E-state index < -0.39 is 20.0 Å². The summed E-state index contributed by atoms with van der Waals surface area (Å²) in [6.07, 6.45) is 68.0. The van der Waals surface area contributed by atoms with Gasteiger partial charge in [-0.3, -0.25) is 9.36 Å². The molecule has 0 saturated heterocycles. The molecule has 0 bridgehead atoms. The summed E-state index contributed by atoms with van der Waals surface area (Å²) in [7, 11) is 1.26. The van der Waals surface area contributed by atoms with Crippen LogP contribution in [0.4, 0.5) is 0 Å². The normalized spacial score (nSPS) is 14.6. The molecule has 0 saturated carbocycles. The highest BCUT2D eigenvalue weighted by molar-refractivity contribution is 7.45. The summed E-state index contributed by atoms with van der Waals surface area (Å²) in [5.74, 6) is -0.205. The van der Waals surface area contributed by atoms with Crippen LogP contribution in [0.25, 0.3) is 0 Å². The van der Waals surface area contributed by atoms with Gasteiger partial charge in [0.25, 0.3) is 7.82 Å². The molecule has 1 amide bonds. The molecule has 0 aliphatic carbocycles. The van der Waals surface area contributed by atoms with Gasteiger partial charge in [-0.05, 0) is 57.8 Å². The number of rotatable bonds is 50. The second kappa shape index (κ2) is 48.9. The van der Waals surface area contributed by atoms with E-state index in [0.717, 1.165) is 70.6 Å². The molecule has 9 heteroatoms. The summed E-state index contributed by atoms with van der Waals surface area (Å²) in [6, 6.07) is -0.881. The minimum atomic E-state index is -4.57. The van der Waals surface area contributed by atoms with E-state index >= 15 is 0 Å². The highest BCUT2D eigenvalue weighted by Crippen LogP contribution is 2.38. The standard InChI is InChI=1S/C58H107N2O6P/c1-6-8-10-12-13-14-15-16-17-18-19-20-21-22-23-24-25-26-27-28-29-30-31-32-33-34-35-36-37-38-39-40-41-42-43-44-45-46-47-48-50-52-58(62)59-56(57(61)51-49-11-9-7-2)55-66-67(63,64)65-54-53-60(3,4)5/h8,10,13-14,16-17,19-20,22-23,49,51,56-57,61H,6-7,9,11-12,15,18,21,24-48,50,52-55H2,1-5H3,(H-,59,62,63,64)/b10-8-,14-13-,17-16-,20-19-,23-22-,51-49+. The first-order valence-corrected chi connectivity index (χ1v) is 29.3. The molecule has 0 aromatic heterocycles. The van der Waals surface area contributed by atoms with Gasteiger partial charge < -0.3 is 28.8 Å². The number of phosphoric acid groups is 1. The van der Waals surface area contributed by atoms with Gasteiger partial charge in [0.05, 0.1) is 39.9 Å². The van der Waals surface area contributed by atoms with Crippen molar-refractivity contribution in [2.45, 2.75) is 251 Å². The molecule has 0 aromatic carbocycles. The number of aliphatic hydroxyl groups excluding tert-OH is 1. The highest BCUT2D eigenvalue weighted by atomic mass is 31.2. The van der Waals surface area contributed by atoms with E-state index in [0.29, 0.717) is 17.4 Å². The number of quaternary nitrogens is 1. The minimum Gasteiger partial charge on any atom is -0.756 e.